The van der Waals surface area contributed by atoms with Crippen LogP contribution in [0.3, 0.4) is 0 Å². The minimum absolute atomic E-state index is 0.315. The molecule has 3 rings (SSSR count). The number of aryl methyl sites for hydroxylation is 1. The van der Waals surface area contributed by atoms with E-state index in [1.165, 1.54) is 12.0 Å². The molecule has 2 heterocycles. The number of rotatable bonds is 7. The number of hydrogen-bond donors (Lipinski definition) is 1. The monoisotopic (exact) mass is 346 g/mol. The van der Waals surface area contributed by atoms with Gasteiger partial charge in [-0.25, -0.2) is 0 Å². The van der Waals surface area contributed by atoms with E-state index in [9.17, 15) is 5.11 Å². The van der Waals surface area contributed by atoms with Gasteiger partial charge in [0.2, 0.25) is 0 Å². The van der Waals surface area contributed by atoms with E-state index >= 15 is 0 Å². The second-order valence-corrected chi connectivity index (χ2v) is 8.03. The molecule has 2 aliphatic heterocycles. The largest absolute Gasteiger partial charge is 0.396 e. The van der Waals surface area contributed by atoms with Crippen molar-refractivity contribution in [2.75, 3.05) is 45.9 Å². The molecule has 0 aromatic heterocycles. The molecule has 0 radical (unpaired) electrons. The van der Waals surface area contributed by atoms with E-state index < -0.39 is 0 Å². The number of nitrogens with zero attached hydrogens (tertiary/aromatic N) is 2. The van der Waals surface area contributed by atoms with Crippen LogP contribution < -0.4 is 0 Å². The molecule has 2 fully saturated rings. The average Bonchev–Trinajstić information content (AvgIpc) is 2.96. The number of morpholine rings is 1. The Labute approximate surface area is 152 Å². The van der Waals surface area contributed by atoms with Gasteiger partial charge in [0.15, 0.2) is 0 Å². The summed E-state index contributed by atoms with van der Waals surface area (Å²) >= 11 is 0. The normalized spacial score (nSPS) is 31.5. The summed E-state index contributed by atoms with van der Waals surface area (Å²) in [5.74, 6) is 1.00. The van der Waals surface area contributed by atoms with Gasteiger partial charge in [0.25, 0.3) is 0 Å². The number of ether oxygens (including phenoxy) is 1. The minimum Gasteiger partial charge on any atom is -0.396 e. The Balaban J connectivity index is 1.45. The summed E-state index contributed by atoms with van der Waals surface area (Å²) in [6.45, 7) is 11.1. The van der Waals surface area contributed by atoms with Gasteiger partial charge in [-0.05, 0) is 50.6 Å². The van der Waals surface area contributed by atoms with E-state index in [2.05, 4.69) is 54.0 Å². The van der Waals surface area contributed by atoms with Crippen LogP contribution in [-0.4, -0.2) is 73.0 Å². The summed E-state index contributed by atoms with van der Waals surface area (Å²) in [6, 6.07) is 10.7. The van der Waals surface area contributed by atoms with Gasteiger partial charge >= 0.3 is 0 Å². The van der Waals surface area contributed by atoms with Crippen molar-refractivity contribution in [1.82, 2.24) is 9.80 Å². The van der Waals surface area contributed by atoms with Crippen molar-refractivity contribution in [3.63, 3.8) is 0 Å². The Hall–Kier alpha value is -0.940. The van der Waals surface area contributed by atoms with Crippen molar-refractivity contribution in [3.8, 4) is 0 Å². The lowest BCUT2D eigenvalue weighted by Gasteiger charge is -2.37. The summed E-state index contributed by atoms with van der Waals surface area (Å²) in [7, 11) is 0. The molecule has 0 amide bonds. The van der Waals surface area contributed by atoms with Crippen molar-refractivity contribution in [3.05, 3.63) is 35.9 Å². The fourth-order valence-corrected chi connectivity index (χ4v) is 4.55. The molecule has 1 aromatic rings. The Kier molecular flexibility index (Phi) is 6.88. The molecule has 0 saturated carbocycles. The minimum atomic E-state index is 0.315. The SMILES string of the molecule is C[C@@H]1CN(C[C@H]2CN(CCCc3ccccc3)C[C@H]2CO)C[C@H](C)O1. The molecule has 1 aromatic carbocycles. The second-order valence-electron chi connectivity index (χ2n) is 8.03. The zero-order valence-corrected chi connectivity index (χ0v) is 15.8. The smallest absolute Gasteiger partial charge is 0.0678 e. The van der Waals surface area contributed by atoms with E-state index in [0.717, 1.165) is 45.7 Å². The summed E-state index contributed by atoms with van der Waals surface area (Å²) in [5.41, 5.74) is 1.42. The van der Waals surface area contributed by atoms with Crippen LogP contribution in [0.25, 0.3) is 0 Å². The first-order valence-electron chi connectivity index (χ1n) is 9.89. The standard InChI is InChI=1S/C21H34N2O2/c1-17-11-23(12-18(2)25-17)14-20-13-22(15-21(20)16-24)10-6-9-19-7-4-3-5-8-19/h3-5,7-8,17-18,20-21,24H,6,9-16H2,1-2H3/t17-,18+,20-,21+/m1/s1. The Morgan fingerprint density at radius 2 is 1.64 bits per heavy atom. The summed E-state index contributed by atoms with van der Waals surface area (Å²) < 4.78 is 5.85. The lowest BCUT2D eigenvalue weighted by atomic mass is 9.96. The lowest BCUT2D eigenvalue weighted by molar-refractivity contribution is -0.0727. The van der Waals surface area contributed by atoms with Gasteiger partial charge in [0.05, 0.1) is 12.2 Å². The molecule has 140 valence electrons. The Bertz CT molecular complexity index is 500. The molecular weight excluding hydrogens is 312 g/mol. The highest BCUT2D eigenvalue weighted by molar-refractivity contribution is 5.14. The molecule has 0 bridgehead atoms. The molecule has 4 nitrogen and oxygen atoms in total. The molecule has 2 saturated heterocycles. The van der Waals surface area contributed by atoms with Gasteiger partial charge in [-0.2, -0.15) is 0 Å². The van der Waals surface area contributed by atoms with Gasteiger partial charge in [-0.1, -0.05) is 30.3 Å². The molecule has 1 N–H and O–H groups in total. The second kappa shape index (κ2) is 9.13. The summed E-state index contributed by atoms with van der Waals surface area (Å²) in [6.07, 6.45) is 2.98. The summed E-state index contributed by atoms with van der Waals surface area (Å²) in [4.78, 5) is 5.10. The number of hydrogen-bond acceptors (Lipinski definition) is 4. The maximum absolute atomic E-state index is 9.82. The summed E-state index contributed by atoms with van der Waals surface area (Å²) in [5, 5.41) is 9.82. The molecule has 0 unspecified atom stereocenters. The molecule has 0 spiro atoms. The number of aliphatic hydroxyl groups is 1. The molecule has 0 aliphatic carbocycles. The third kappa shape index (κ3) is 5.52. The van der Waals surface area contributed by atoms with Crippen LogP contribution in [-0.2, 0) is 11.2 Å². The van der Waals surface area contributed by atoms with E-state index in [1.54, 1.807) is 0 Å². The molecule has 4 atom stereocenters. The van der Waals surface area contributed by atoms with Crippen LogP contribution in [0.5, 0.6) is 0 Å². The highest BCUT2D eigenvalue weighted by atomic mass is 16.5. The van der Waals surface area contributed by atoms with E-state index in [-0.39, 0.29) is 0 Å². The number of aliphatic hydroxyl groups excluding tert-OH is 1. The van der Waals surface area contributed by atoms with Gasteiger partial charge in [-0.3, -0.25) is 4.90 Å². The van der Waals surface area contributed by atoms with Crippen molar-refractivity contribution in [2.45, 2.75) is 38.9 Å². The third-order valence-corrected chi connectivity index (χ3v) is 5.66. The lowest BCUT2D eigenvalue weighted by Crippen LogP contribution is -2.48. The van der Waals surface area contributed by atoms with Gasteiger partial charge in [0, 0.05) is 39.3 Å². The third-order valence-electron chi connectivity index (χ3n) is 5.66. The Morgan fingerprint density at radius 3 is 2.32 bits per heavy atom. The quantitative estimate of drug-likeness (QED) is 0.822. The molecule has 25 heavy (non-hydrogen) atoms. The average molecular weight is 347 g/mol. The van der Waals surface area contributed by atoms with Crippen LogP contribution in [0.4, 0.5) is 0 Å². The first-order chi connectivity index (χ1) is 12.1. The first-order valence-corrected chi connectivity index (χ1v) is 9.89. The van der Waals surface area contributed by atoms with Crippen molar-refractivity contribution >= 4 is 0 Å². The number of benzene rings is 1. The highest BCUT2D eigenvalue weighted by Gasteiger charge is 2.34. The predicted octanol–water partition coefficient (Wildman–Crippen LogP) is 2.27. The van der Waals surface area contributed by atoms with Gasteiger partial charge < -0.3 is 14.7 Å². The van der Waals surface area contributed by atoms with E-state index in [4.69, 9.17) is 4.74 Å². The van der Waals surface area contributed by atoms with Crippen LogP contribution in [0.2, 0.25) is 0 Å². The first kappa shape index (κ1) is 18.8. The van der Waals surface area contributed by atoms with Crippen LogP contribution >= 0.6 is 0 Å². The fraction of sp³-hybridized carbons (Fsp3) is 0.714. The van der Waals surface area contributed by atoms with Crippen molar-refractivity contribution in [2.24, 2.45) is 11.8 Å². The molecule has 4 heteroatoms. The van der Waals surface area contributed by atoms with Crippen LogP contribution in [0, 0.1) is 11.8 Å². The topological polar surface area (TPSA) is 35.9 Å². The van der Waals surface area contributed by atoms with Crippen LogP contribution in [0.1, 0.15) is 25.8 Å². The highest BCUT2D eigenvalue weighted by Crippen LogP contribution is 2.25. The molecule has 2 aliphatic rings. The van der Waals surface area contributed by atoms with Crippen LogP contribution in [0.15, 0.2) is 30.3 Å². The van der Waals surface area contributed by atoms with E-state index in [0.29, 0.717) is 30.7 Å². The maximum Gasteiger partial charge on any atom is 0.0678 e. The van der Waals surface area contributed by atoms with Crippen molar-refractivity contribution < 1.29 is 9.84 Å². The zero-order chi connectivity index (χ0) is 17.6. The predicted molar refractivity (Wildman–Crippen MR) is 102 cm³/mol. The van der Waals surface area contributed by atoms with E-state index in [1.807, 2.05) is 0 Å². The van der Waals surface area contributed by atoms with Gasteiger partial charge in [-0.15, -0.1) is 0 Å². The zero-order valence-electron chi connectivity index (χ0n) is 15.8. The van der Waals surface area contributed by atoms with Gasteiger partial charge in [0.1, 0.15) is 0 Å². The van der Waals surface area contributed by atoms with Crippen molar-refractivity contribution in [1.29, 1.82) is 0 Å². The maximum atomic E-state index is 9.82. The fourth-order valence-electron chi connectivity index (χ4n) is 4.55. The molecular formula is C21H34N2O2. The Morgan fingerprint density at radius 1 is 0.960 bits per heavy atom. The number of likely N-dealkylation sites (tertiary alicyclic amines) is 1.